The Balaban J connectivity index is 2.80. The Kier molecular flexibility index (Phi) is 4.82. The molecule has 1 aromatic heterocycles. The Labute approximate surface area is 95.8 Å². The minimum absolute atomic E-state index is 0.494. The summed E-state index contributed by atoms with van der Waals surface area (Å²) in [5.41, 5.74) is 0.824. The van der Waals surface area contributed by atoms with Gasteiger partial charge in [-0.3, -0.25) is 0 Å². The van der Waals surface area contributed by atoms with E-state index in [0.29, 0.717) is 17.6 Å². The average molecular weight is 229 g/mol. The number of aryl methyl sites for hydroxylation is 1. The molecule has 0 amide bonds. The van der Waals surface area contributed by atoms with E-state index in [0.717, 1.165) is 30.7 Å². The van der Waals surface area contributed by atoms with Gasteiger partial charge in [0.2, 0.25) is 5.88 Å². The molecule has 0 aliphatic carbocycles. The molecule has 0 aliphatic rings. The van der Waals surface area contributed by atoms with Crippen LogP contribution in [0.1, 0.15) is 38.1 Å². The van der Waals surface area contributed by atoms with Crippen LogP contribution in [0.5, 0.6) is 5.88 Å². The van der Waals surface area contributed by atoms with E-state index < -0.39 is 0 Å². The van der Waals surface area contributed by atoms with Crippen LogP contribution in [0.3, 0.4) is 0 Å². The summed E-state index contributed by atoms with van der Waals surface area (Å²) in [7, 11) is 0. The molecule has 0 aromatic carbocycles. The Morgan fingerprint density at radius 1 is 1.27 bits per heavy atom. The molecule has 15 heavy (non-hydrogen) atoms. The smallest absolute Gasteiger partial charge is 0.221 e. The van der Waals surface area contributed by atoms with Gasteiger partial charge in [-0.15, -0.1) is 0 Å². The van der Waals surface area contributed by atoms with E-state index in [9.17, 15) is 0 Å². The first-order valence-electron chi connectivity index (χ1n) is 5.34. The van der Waals surface area contributed by atoms with Gasteiger partial charge in [0.1, 0.15) is 11.0 Å². The van der Waals surface area contributed by atoms with E-state index in [4.69, 9.17) is 16.3 Å². The number of hydrogen-bond acceptors (Lipinski definition) is 3. The molecule has 1 heterocycles. The lowest BCUT2D eigenvalue weighted by Gasteiger charge is -2.09. The first-order chi connectivity index (χ1) is 7.19. The summed E-state index contributed by atoms with van der Waals surface area (Å²) < 4.78 is 5.56. The van der Waals surface area contributed by atoms with Crippen molar-refractivity contribution in [3.63, 3.8) is 0 Å². The average Bonchev–Trinajstić information content (AvgIpc) is 2.24. The summed E-state index contributed by atoms with van der Waals surface area (Å²) >= 11 is 5.98. The van der Waals surface area contributed by atoms with Gasteiger partial charge in [-0.2, -0.15) is 4.98 Å². The lowest BCUT2D eigenvalue weighted by molar-refractivity contribution is 0.294. The fraction of sp³-hybridized carbons (Fsp3) is 0.636. The van der Waals surface area contributed by atoms with Gasteiger partial charge in [0.15, 0.2) is 0 Å². The fourth-order valence-electron chi connectivity index (χ4n) is 1.12. The highest BCUT2D eigenvalue weighted by molar-refractivity contribution is 6.30. The quantitative estimate of drug-likeness (QED) is 0.574. The van der Waals surface area contributed by atoms with Crippen molar-refractivity contribution < 1.29 is 4.74 Å². The van der Waals surface area contributed by atoms with E-state index in [1.54, 1.807) is 0 Å². The van der Waals surface area contributed by atoms with E-state index in [-0.39, 0.29) is 0 Å². The molecular weight excluding hydrogens is 212 g/mol. The van der Waals surface area contributed by atoms with Crippen molar-refractivity contribution >= 4 is 11.6 Å². The molecule has 4 heteroatoms. The zero-order valence-corrected chi connectivity index (χ0v) is 10.3. The van der Waals surface area contributed by atoms with Crippen molar-refractivity contribution in [2.75, 3.05) is 6.61 Å². The number of aromatic nitrogens is 2. The molecular formula is C11H17ClN2O. The van der Waals surface area contributed by atoms with Crippen molar-refractivity contribution in [3.8, 4) is 5.88 Å². The van der Waals surface area contributed by atoms with Gasteiger partial charge in [-0.1, -0.05) is 31.9 Å². The minimum atomic E-state index is 0.494. The zero-order chi connectivity index (χ0) is 11.3. The molecule has 84 valence electrons. The van der Waals surface area contributed by atoms with Crippen molar-refractivity contribution in [2.24, 2.45) is 0 Å². The van der Waals surface area contributed by atoms with Gasteiger partial charge >= 0.3 is 0 Å². The number of rotatable bonds is 5. The van der Waals surface area contributed by atoms with Crippen LogP contribution < -0.4 is 4.74 Å². The van der Waals surface area contributed by atoms with Crippen LogP contribution in [0.15, 0.2) is 0 Å². The first kappa shape index (κ1) is 12.2. The Morgan fingerprint density at radius 2 is 2.00 bits per heavy atom. The van der Waals surface area contributed by atoms with Gasteiger partial charge in [-0.05, 0) is 13.3 Å². The standard InChI is InChI=1S/C11H17ClN2O/c1-4-6-7-15-11-8(3)10(12)13-9(5-2)14-11/h4-7H2,1-3H3. The van der Waals surface area contributed by atoms with Crippen LogP contribution in [0.2, 0.25) is 5.15 Å². The van der Waals surface area contributed by atoms with E-state index in [1.165, 1.54) is 0 Å². The topological polar surface area (TPSA) is 35.0 Å². The highest BCUT2D eigenvalue weighted by atomic mass is 35.5. The number of unbranched alkanes of at least 4 members (excludes halogenated alkanes) is 1. The van der Waals surface area contributed by atoms with Crippen molar-refractivity contribution in [2.45, 2.75) is 40.0 Å². The van der Waals surface area contributed by atoms with Crippen molar-refractivity contribution in [1.82, 2.24) is 9.97 Å². The third-order valence-corrected chi connectivity index (χ3v) is 2.51. The highest BCUT2D eigenvalue weighted by Gasteiger charge is 2.09. The maximum atomic E-state index is 5.98. The maximum absolute atomic E-state index is 5.98. The predicted molar refractivity (Wildman–Crippen MR) is 61.6 cm³/mol. The number of nitrogens with zero attached hydrogens (tertiary/aromatic N) is 2. The van der Waals surface area contributed by atoms with Crippen LogP contribution >= 0.6 is 11.6 Å². The predicted octanol–water partition coefficient (Wildman–Crippen LogP) is 3.18. The zero-order valence-electron chi connectivity index (χ0n) is 9.51. The van der Waals surface area contributed by atoms with E-state index >= 15 is 0 Å². The van der Waals surface area contributed by atoms with Crippen LogP contribution in [-0.2, 0) is 6.42 Å². The normalized spacial score (nSPS) is 10.4. The van der Waals surface area contributed by atoms with Crippen molar-refractivity contribution in [3.05, 3.63) is 16.5 Å². The molecule has 1 aromatic rings. The van der Waals surface area contributed by atoms with Crippen LogP contribution in [0, 0.1) is 6.92 Å². The van der Waals surface area contributed by atoms with Crippen molar-refractivity contribution in [1.29, 1.82) is 0 Å². The molecule has 3 nitrogen and oxygen atoms in total. The van der Waals surface area contributed by atoms with E-state index in [2.05, 4.69) is 16.9 Å². The summed E-state index contributed by atoms with van der Waals surface area (Å²) in [4.78, 5) is 8.46. The van der Waals surface area contributed by atoms with Gasteiger partial charge in [-0.25, -0.2) is 4.98 Å². The number of hydrogen-bond donors (Lipinski definition) is 0. The Morgan fingerprint density at radius 3 is 2.60 bits per heavy atom. The summed E-state index contributed by atoms with van der Waals surface area (Å²) in [5.74, 6) is 1.36. The lowest BCUT2D eigenvalue weighted by Crippen LogP contribution is -2.04. The molecule has 0 N–H and O–H groups in total. The Bertz CT molecular complexity index is 329. The minimum Gasteiger partial charge on any atom is -0.477 e. The van der Waals surface area contributed by atoms with Crippen LogP contribution in [0.25, 0.3) is 0 Å². The molecule has 0 aliphatic heterocycles. The summed E-state index contributed by atoms with van der Waals surface area (Å²) in [6.07, 6.45) is 2.91. The molecule has 1 rings (SSSR count). The largest absolute Gasteiger partial charge is 0.477 e. The van der Waals surface area contributed by atoms with Crippen LogP contribution in [0.4, 0.5) is 0 Å². The molecule has 0 fully saturated rings. The second kappa shape index (κ2) is 5.91. The summed E-state index contributed by atoms with van der Waals surface area (Å²) in [6, 6.07) is 0. The first-order valence-corrected chi connectivity index (χ1v) is 5.72. The third kappa shape index (κ3) is 3.34. The van der Waals surface area contributed by atoms with Gasteiger partial charge in [0.25, 0.3) is 0 Å². The molecule has 0 saturated heterocycles. The summed E-state index contributed by atoms with van der Waals surface area (Å²) in [5, 5.41) is 0.494. The van der Waals surface area contributed by atoms with Crippen LogP contribution in [-0.4, -0.2) is 16.6 Å². The van der Waals surface area contributed by atoms with Gasteiger partial charge < -0.3 is 4.74 Å². The maximum Gasteiger partial charge on any atom is 0.221 e. The second-order valence-corrected chi connectivity index (χ2v) is 3.77. The van der Waals surface area contributed by atoms with Gasteiger partial charge in [0, 0.05) is 12.0 Å². The summed E-state index contributed by atoms with van der Waals surface area (Å²) in [6.45, 7) is 6.69. The molecule has 0 bridgehead atoms. The molecule has 0 unspecified atom stereocenters. The molecule has 0 atom stereocenters. The fourth-order valence-corrected chi connectivity index (χ4v) is 1.30. The second-order valence-electron chi connectivity index (χ2n) is 3.42. The lowest BCUT2D eigenvalue weighted by atomic mass is 10.3. The monoisotopic (exact) mass is 228 g/mol. The third-order valence-electron chi connectivity index (χ3n) is 2.14. The highest BCUT2D eigenvalue weighted by Crippen LogP contribution is 2.22. The van der Waals surface area contributed by atoms with Gasteiger partial charge in [0.05, 0.1) is 6.61 Å². The molecule has 0 saturated carbocycles. The molecule has 0 spiro atoms. The number of ether oxygens (including phenoxy) is 1. The van der Waals surface area contributed by atoms with E-state index in [1.807, 2.05) is 13.8 Å². The number of halogens is 1. The SMILES string of the molecule is CCCCOc1nc(CC)nc(Cl)c1C. The Hall–Kier alpha value is -0.830. The molecule has 0 radical (unpaired) electrons.